The molecule has 0 spiro atoms. The average molecular weight is 480 g/mol. The Labute approximate surface area is 200 Å². The van der Waals surface area contributed by atoms with Crippen LogP contribution in [0.5, 0.6) is 0 Å². The molecule has 7 nitrogen and oxygen atoms in total. The van der Waals surface area contributed by atoms with E-state index in [0.29, 0.717) is 26.6 Å². The second-order valence-electron chi connectivity index (χ2n) is 8.35. The molecule has 0 unspecified atom stereocenters. The van der Waals surface area contributed by atoms with Crippen LogP contribution in [-0.4, -0.2) is 58.0 Å². The maximum absolute atomic E-state index is 13.7. The monoisotopic (exact) mass is 479 g/mol. The molecule has 0 atom stereocenters. The Balaban J connectivity index is 1.60. The van der Waals surface area contributed by atoms with Crippen LogP contribution in [-0.2, 0) is 6.54 Å². The lowest BCUT2D eigenvalue weighted by atomic mass is 10.1. The summed E-state index contributed by atoms with van der Waals surface area (Å²) in [7, 11) is 0. The van der Waals surface area contributed by atoms with Crippen molar-refractivity contribution in [2.75, 3.05) is 42.6 Å². The Bertz CT molecular complexity index is 1280. The first-order valence-corrected chi connectivity index (χ1v) is 13.3. The SMILES string of the molecule is N#Cc1ccccc1Cn1c(N2CCCCC2)nc2cc(C(=O)N3CCSCC3)sc2c1=O. The van der Waals surface area contributed by atoms with Crippen LogP contribution >= 0.6 is 23.1 Å². The Morgan fingerprint density at radius 2 is 1.85 bits per heavy atom. The van der Waals surface area contributed by atoms with Gasteiger partial charge in [-0.1, -0.05) is 18.2 Å². The van der Waals surface area contributed by atoms with Gasteiger partial charge < -0.3 is 9.80 Å². The standard InChI is InChI=1S/C24H25N5O2S2/c25-15-17-6-2-3-7-18(17)16-29-23(31)21-19(26-24(29)28-8-4-1-5-9-28)14-20(33-21)22(30)27-10-12-32-13-11-27/h2-3,6-7,14H,1,4-5,8-13,16H2. The topological polar surface area (TPSA) is 82.2 Å². The molecule has 0 radical (unpaired) electrons. The summed E-state index contributed by atoms with van der Waals surface area (Å²) in [6.07, 6.45) is 3.29. The van der Waals surface area contributed by atoms with E-state index in [1.54, 1.807) is 16.7 Å². The molecule has 1 amide bonds. The lowest BCUT2D eigenvalue weighted by Crippen LogP contribution is -2.37. The van der Waals surface area contributed by atoms with Crippen molar-refractivity contribution in [1.29, 1.82) is 5.26 Å². The molecule has 4 heterocycles. The number of nitrogens with zero attached hydrogens (tertiary/aromatic N) is 5. The van der Waals surface area contributed by atoms with Crippen molar-refractivity contribution in [2.45, 2.75) is 25.8 Å². The molecule has 0 bridgehead atoms. The molecule has 170 valence electrons. The van der Waals surface area contributed by atoms with Crippen LogP contribution in [0.25, 0.3) is 10.2 Å². The van der Waals surface area contributed by atoms with E-state index < -0.39 is 0 Å². The first kappa shape index (κ1) is 22.0. The number of thioether (sulfide) groups is 1. The summed E-state index contributed by atoms with van der Waals surface area (Å²) < 4.78 is 2.19. The highest BCUT2D eigenvalue weighted by Gasteiger charge is 2.25. The number of hydrogen-bond donors (Lipinski definition) is 0. The van der Waals surface area contributed by atoms with Crippen molar-refractivity contribution in [2.24, 2.45) is 0 Å². The van der Waals surface area contributed by atoms with E-state index >= 15 is 0 Å². The quantitative estimate of drug-likeness (QED) is 0.569. The van der Waals surface area contributed by atoms with E-state index in [1.165, 1.54) is 17.8 Å². The third-order valence-corrected chi connectivity index (χ3v) is 8.27. The predicted molar refractivity (Wildman–Crippen MR) is 133 cm³/mol. The highest BCUT2D eigenvalue weighted by Crippen LogP contribution is 2.27. The van der Waals surface area contributed by atoms with Gasteiger partial charge in [0.25, 0.3) is 11.5 Å². The van der Waals surface area contributed by atoms with Crippen LogP contribution in [0.4, 0.5) is 5.95 Å². The summed E-state index contributed by atoms with van der Waals surface area (Å²) in [5, 5.41) is 9.54. The number of benzene rings is 1. The molecule has 1 aromatic carbocycles. The second kappa shape index (κ2) is 9.57. The minimum Gasteiger partial charge on any atom is -0.342 e. The molecular formula is C24H25N5O2S2. The van der Waals surface area contributed by atoms with Crippen LogP contribution in [0.2, 0.25) is 0 Å². The molecule has 5 rings (SSSR count). The van der Waals surface area contributed by atoms with Crippen LogP contribution < -0.4 is 10.5 Å². The third kappa shape index (κ3) is 4.37. The summed E-state index contributed by atoms with van der Waals surface area (Å²) in [5.74, 6) is 2.50. The number of aromatic nitrogens is 2. The van der Waals surface area contributed by atoms with Gasteiger partial charge in [0.2, 0.25) is 5.95 Å². The minimum atomic E-state index is -0.147. The van der Waals surface area contributed by atoms with E-state index in [2.05, 4.69) is 11.0 Å². The molecule has 0 saturated carbocycles. The fourth-order valence-electron chi connectivity index (χ4n) is 4.44. The van der Waals surface area contributed by atoms with Crippen molar-refractivity contribution in [3.63, 3.8) is 0 Å². The normalized spacial score (nSPS) is 16.7. The Kier molecular flexibility index (Phi) is 6.38. The van der Waals surface area contributed by atoms with Gasteiger partial charge in [-0.25, -0.2) is 4.98 Å². The zero-order chi connectivity index (χ0) is 22.8. The number of carbonyl (C=O) groups excluding carboxylic acids is 1. The average Bonchev–Trinajstić information content (AvgIpc) is 3.31. The highest BCUT2D eigenvalue weighted by molar-refractivity contribution is 7.99. The van der Waals surface area contributed by atoms with Crippen LogP contribution in [0.15, 0.2) is 35.1 Å². The summed E-state index contributed by atoms with van der Waals surface area (Å²) >= 11 is 3.10. The Morgan fingerprint density at radius 3 is 2.61 bits per heavy atom. The zero-order valence-electron chi connectivity index (χ0n) is 18.3. The maximum Gasteiger partial charge on any atom is 0.273 e. The number of anilines is 1. The first-order chi connectivity index (χ1) is 16.2. The number of amides is 1. The van der Waals surface area contributed by atoms with Gasteiger partial charge in [0, 0.05) is 37.7 Å². The predicted octanol–water partition coefficient (Wildman–Crippen LogP) is 3.56. The molecule has 9 heteroatoms. The first-order valence-electron chi connectivity index (χ1n) is 11.3. The molecule has 0 N–H and O–H groups in total. The van der Waals surface area contributed by atoms with Crippen LogP contribution in [0.1, 0.15) is 40.1 Å². The molecule has 2 aliphatic rings. The molecule has 2 aromatic heterocycles. The van der Waals surface area contributed by atoms with Gasteiger partial charge in [0.15, 0.2) is 0 Å². The van der Waals surface area contributed by atoms with Gasteiger partial charge in [-0.2, -0.15) is 17.0 Å². The molecule has 2 aliphatic heterocycles. The Hall–Kier alpha value is -2.83. The molecule has 0 aliphatic carbocycles. The van der Waals surface area contributed by atoms with Gasteiger partial charge in [0.1, 0.15) is 4.70 Å². The van der Waals surface area contributed by atoms with E-state index in [0.717, 1.165) is 56.1 Å². The van der Waals surface area contributed by atoms with Crippen LogP contribution in [0.3, 0.4) is 0 Å². The molecular weight excluding hydrogens is 454 g/mol. The fourth-order valence-corrected chi connectivity index (χ4v) is 6.36. The zero-order valence-corrected chi connectivity index (χ0v) is 20.0. The van der Waals surface area contributed by atoms with Crippen molar-refractivity contribution >= 4 is 45.2 Å². The van der Waals surface area contributed by atoms with E-state index in [9.17, 15) is 14.9 Å². The molecule has 33 heavy (non-hydrogen) atoms. The van der Waals surface area contributed by atoms with Gasteiger partial charge in [0.05, 0.1) is 28.6 Å². The molecule has 3 aromatic rings. The van der Waals surface area contributed by atoms with E-state index in [4.69, 9.17) is 4.98 Å². The smallest absolute Gasteiger partial charge is 0.273 e. The lowest BCUT2D eigenvalue weighted by molar-refractivity contribution is 0.0777. The van der Waals surface area contributed by atoms with Gasteiger partial charge >= 0.3 is 0 Å². The maximum atomic E-state index is 13.7. The van der Waals surface area contributed by atoms with E-state index in [1.807, 2.05) is 34.9 Å². The third-order valence-electron chi connectivity index (χ3n) is 6.23. The summed E-state index contributed by atoms with van der Waals surface area (Å²) in [6.45, 7) is 3.44. The van der Waals surface area contributed by atoms with Crippen LogP contribution in [0, 0.1) is 11.3 Å². The summed E-state index contributed by atoms with van der Waals surface area (Å²) in [6, 6.07) is 11.4. The van der Waals surface area contributed by atoms with E-state index in [-0.39, 0.29) is 18.0 Å². The second-order valence-corrected chi connectivity index (χ2v) is 10.6. The highest BCUT2D eigenvalue weighted by atomic mass is 32.2. The number of hydrogen-bond acceptors (Lipinski definition) is 7. The van der Waals surface area contributed by atoms with Gasteiger partial charge in [-0.15, -0.1) is 11.3 Å². The Morgan fingerprint density at radius 1 is 1.09 bits per heavy atom. The minimum absolute atomic E-state index is 0.0152. The van der Waals surface area contributed by atoms with Crippen molar-refractivity contribution in [3.8, 4) is 6.07 Å². The summed E-state index contributed by atoms with van der Waals surface area (Å²) in [5.41, 5.74) is 1.79. The number of carbonyl (C=O) groups is 1. The fraction of sp³-hybridized carbons (Fsp3) is 0.417. The van der Waals surface area contributed by atoms with Gasteiger partial charge in [-0.05, 0) is 37.0 Å². The van der Waals surface area contributed by atoms with Crippen molar-refractivity contribution < 1.29 is 4.79 Å². The number of nitriles is 1. The largest absolute Gasteiger partial charge is 0.342 e. The summed E-state index contributed by atoms with van der Waals surface area (Å²) in [4.78, 5) is 36.3. The molecule has 2 saturated heterocycles. The van der Waals surface area contributed by atoms with Crippen molar-refractivity contribution in [3.05, 3.63) is 56.7 Å². The lowest BCUT2D eigenvalue weighted by Gasteiger charge is -2.29. The molecule has 2 fully saturated rings. The van der Waals surface area contributed by atoms with Crippen molar-refractivity contribution in [1.82, 2.24) is 14.5 Å². The van der Waals surface area contributed by atoms with Gasteiger partial charge in [-0.3, -0.25) is 14.2 Å². The number of rotatable bonds is 4. The number of fused-ring (bicyclic) bond motifs is 1. The number of piperidine rings is 1. The number of thiophene rings is 1.